The maximum Gasteiger partial charge on any atom is 0.535 e. The summed E-state index contributed by atoms with van der Waals surface area (Å²) in [6.45, 7) is 0.867. The number of benzene rings is 1. The number of fused-ring (bicyclic) bond motifs is 1. The second-order valence-corrected chi connectivity index (χ2v) is 3.84. The molecule has 18 heavy (non-hydrogen) atoms. The average molecular weight is 277 g/mol. The summed E-state index contributed by atoms with van der Waals surface area (Å²) in [6.07, 6.45) is -3.69. The van der Waals surface area contributed by atoms with Crippen LogP contribution in [-0.2, 0) is 9.53 Å². The summed E-state index contributed by atoms with van der Waals surface area (Å²) in [4.78, 5) is 12.7. The van der Waals surface area contributed by atoms with Gasteiger partial charge in [-0.2, -0.15) is 0 Å². The van der Waals surface area contributed by atoms with Crippen LogP contribution in [0, 0.1) is 6.61 Å². The van der Waals surface area contributed by atoms with Crippen molar-refractivity contribution in [1.29, 1.82) is 0 Å². The minimum Gasteiger partial charge on any atom is -0.409 e. The van der Waals surface area contributed by atoms with E-state index in [0.717, 1.165) is 6.61 Å². The normalized spacial score (nSPS) is 16.7. The van der Waals surface area contributed by atoms with Crippen LogP contribution in [0.3, 0.4) is 0 Å². The second-order valence-electron chi connectivity index (χ2n) is 3.58. The molecule has 7 heteroatoms. The number of rotatable bonds is 2. The fourth-order valence-corrected chi connectivity index (χ4v) is 1.72. The standard InChI is InChI=1S/C11H9ClF2NO3/c1-15(10(16)5-12)8-3-2-4-9-7(8)6-17-11(13,14)18-9/h2-4,6H,5H2,1H3. The van der Waals surface area contributed by atoms with Crippen molar-refractivity contribution in [2.24, 2.45) is 0 Å². The van der Waals surface area contributed by atoms with E-state index in [1.807, 2.05) is 0 Å². The SMILES string of the molecule is CN(C(=O)CCl)c1cccc2c1[CH]OC(F)(F)O2. The van der Waals surface area contributed by atoms with Gasteiger partial charge in [-0.05, 0) is 12.1 Å². The molecule has 0 bridgehead atoms. The summed E-state index contributed by atoms with van der Waals surface area (Å²) in [7, 11) is 1.49. The van der Waals surface area contributed by atoms with Gasteiger partial charge in [0.1, 0.15) is 18.2 Å². The number of nitrogens with zero attached hydrogens (tertiary/aromatic N) is 1. The van der Waals surface area contributed by atoms with Crippen LogP contribution in [0.5, 0.6) is 5.75 Å². The number of hydrogen-bond donors (Lipinski definition) is 0. The Kier molecular flexibility index (Phi) is 3.41. The van der Waals surface area contributed by atoms with Gasteiger partial charge < -0.3 is 9.64 Å². The first-order chi connectivity index (χ1) is 8.44. The van der Waals surface area contributed by atoms with Crippen molar-refractivity contribution in [3.05, 3.63) is 30.4 Å². The van der Waals surface area contributed by atoms with Crippen LogP contribution in [0.4, 0.5) is 14.5 Å². The summed E-state index contributed by atoms with van der Waals surface area (Å²) in [5.41, 5.74) is 0.651. The quantitative estimate of drug-likeness (QED) is 0.779. The van der Waals surface area contributed by atoms with Crippen molar-refractivity contribution >= 4 is 23.2 Å². The first-order valence-electron chi connectivity index (χ1n) is 4.98. The van der Waals surface area contributed by atoms with E-state index in [-0.39, 0.29) is 23.1 Å². The molecule has 1 heterocycles. The number of carbonyl (C=O) groups is 1. The Morgan fingerprint density at radius 2 is 2.22 bits per heavy atom. The topological polar surface area (TPSA) is 38.8 Å². The zero-order valence-corrected chi connectivity index (χ0v) is 10.1. The molecule has 0 saturated carbocycles. The summed E-state index contributed by atoms with van der Waals surface area (Å²) in [5.74, 6) is -0.633. The molecule has 2 rings (SSSR count). The zero-order valence-electron chi connectivity index (χ0n) is 9.32. The van der Waals surface area contributed by atoms with Gasteiger partial charge in [-0.1, -0.05) is 6.07 Å². The number of anilines is 1. The highest BCUT2D eigenvalue weighted by atomic mass is 35.5. The molecule has 0 spiro atoms. The van der Waals surface area contributed by atoms with Crippen molar-refractivity contribution in [2.45, 2.75) is 6.29 Å². The summed E-state index contributed by atoms with van der Waals surface area (Å²) in [6, 6.07) is 4.45. The Balaban J connectivity index is 2.38. The summed E-state index contributed by atoms with van der Waals surface area (Å²) >= 11 is 5.44. The van der Waals surface area contributed by atoms with Crippen LogP contribution in [0.25, 0.3) is 0 Å². The van der Waals surface area contributed by atoms with E-state index < -0.39 is 6.29 Å². The van der Waals surface area contributed by atoms with Crippen molar-refractivity contribution in [2.75, 3.05) is 17.8 Å². The van der Waals surface area contributed by atoms with Gasteiger partial charge >= 0.3 is 6.29 Å². The van der Waals surface area contributed by atoms with Gasteiger partial charge in [0, 0.05) is 7.05 Å². The van der Waals surface area contributed by atoms with E-state index in [1.165, 1.54) is 24.1 Å². The molecular formula is C11H9ClF2NO3. The highest BCUT2D eigenvalue weighted by molar-refractivity contribution is 6.29. The molecule has 4 nitrogen and oxygen atoms in total. The molecular weight excluding hydrogens is 268 g/mol. The lowest BCUT2D eigenvalue weighted by molar-refractivity contribution is -0.344. The third-order valence-corrected chi connectivity index (χ3v) is 2.66. The lowest BCUT2D eigenvalue weighted by Crippen LogP contribution is -2.34. The minimum atomic E-state index is -3.69. The Labute approximate surface area is 107 Å². The highest BCUT2D eigenvalue weighted by Crippen LogP contribution is 2.39. The number of ether oxygens (including phenoxy) is 2. The maximum atomic E-state index is 12.9. The number of halogens is 3. The largest absolute Gasteiger partial charge is 0.535 e. The van der Waals surface area contributed by atoms with Gasteiger partial charge in [0.05, 0.1) is 11.3 Å². The van der Waals surface area contributed by atoms with E-state index in [0.29, 0.717) is 5.69 Å². The Bertz CT molecular complexity index is 481. The van der Waals surface area contributed by atoms with Crippen LogP contribution in [0.2, 0.25) is 0 Å². The molecule has 1 radical (unpaired) electrons. The summed E-state index contributed by atoms with van der Waals surface area (Å²) < 4.78 is 34.2. The fraction of sp³-hybridized carbons (Fsp3) is 0.273. The molecule has 0 N–H and O–H groups in total. The third kappa shape index (κ3) is 2.39. The number of alkyl halides is 3. The number of amides is 1. The predicted octanol–water partition coefficient (Wildman–Crippen LogP) is 2.36. The van der Waals surface area contributed by atoms with Crippen LogP contribution in [0.15, 0.2) is 18.2 Å². The Morgan fingerprint density at radius 3 is 2.89 bits per heavy atom. The van der Waals surface area contributed by atoms with Crippen molar-refractivity contribution in [3.63, 3.8) is 0 Å². The molecule has 97 valence electrons. The zero-order chi connectivity index (χ0) is 13.3. The molecule has 1 aliphatic heterocycles. The number of carbonyl (C=O) groups excluding carboxylic acids is 1. The monoisotopic (exact) mass is 276 g/mol. The predicted molar refractivity (Wildman–Crippen MR) is 60.6 cm³/mol. The van der Waals surface area contributed by atoms with Gasteiger partial charge in [0.2, 0.25) is 5.91 Å². The highest BCUT2D eigenvalue weighted by Gasteiger charge is 2.40. The van der Waals surface area contributed by atoms with Gasteiger partial charge in [-0.15, -0.1) is 20.4 Å². The van der Waals surface area contributed by atoms with Crippen LogP contribution < -0.4 is 9.64 Å². The van der Waals surface area contributed by atoms with Gasteiger partial charge in [0.25, 0.3) is 0 Å². The van der Waals surface area contributed by atoms with Crippen molar-refractivity contribution in [3.8, 4) is 5.75 Å². The molecule has 0 aromatic heterocycles. The molecule has 0 aliphatic carbocycles. The van der Waals surface area contributed by atoms with Gasteiger partial charge in [-0.3, -0.25) is 9.53 Å². The molecule has 0 unspecified atom stereocenters. The van der Waals surface area contributed by atoms with E-state index in [1.54, 1.807) is 6.07 Å². The Hall–Kier alpha value is -1.40. The van der Waals surface area contributed by atoms with Crippen LogP contribution in [0.1, 0.15) is 5.56 Å². The minimum absolute atomic E-state index is 0.0574. The van der Waals surface area contributed by atoms with Gasteiger partial charge in [0.15, 0.2) is 0 Å². The van der Waals surface area contributed by atoms with Crippen LogP contribution in [-0.4, -0.2) is 25.1 Å². The first-order valence-corrected chi connectivity index (χ1v) is 5.51. The van der Waals surface area contributed by atoms with E-state index in [9.17, 15) is 13.6 Å². The third-order valence-electron chi connectivity index (χ3n) is 2.44. The average Bonchev–Trinajstić information content (AvgIpc) is 2.34. The molecule has 1 amide bonds. The van der Waals surface area contributed by atoms with E-state index in [4.69, 9.17) is 11.6 Å². The van der Waals surface area contributed by atoms with Gasteiger partial charge in [-0.25, -0.2) is 0 Å². The van der Waals surface area contributed by atoms with Crippen LogP contribution >= 0.6 is 11.6 Å². The van der Waals surface area contributed by atoms with Crippen molar-refractivity contribution < 1.29 is 23.0 Å². The Morgan fingerprint density at radius 1 is 1.50 bits per heavy atom. The molecule has 1 aromatic carbocycles. The lowest BCUT2D eigenvalue weighted by atomic mass is 10.1. The molecule has 0 saturated heterocycles. The number of hydrogen-bond acceptors (Lipinski definition) is 3. The molecule has 1 aromatic rings. The second kappa shape index (κ2) is 4.70. The maximum absolute atomic E-state index is 12.9. The lowest BCUT2D eigenvalue weighted by Gasteiger charge is -2.28. The molecule has 0 fully saturated rings. The van der Waals surface area contributed by atoms with E-state index in [2.05, 4.69) is 9.47 Å². The fourth-order valence-electron chi connectivity index (χ4n) is 1.54. The smallest absolute Gasteiger partial charge is 0.409 e. The first kappa shape index (κ1) is 13.0. The van der Waals surface area contributed by atoms with E-state index >= 15 is 0 Å². The molecule has 1 aliphatic rings. The molecule has 0 atom stereocenters. The summed E-state index contributed by atoms with van der Waals surface area (Å²) in [5, 5.41) is 0. The van der Waals surface area contributed by atoms with Crippen molar-refractivity contribution in [1.82, 2.24) is 0 Å².